The van der Waals surface area contributed by atoms with Gasteiger partial charge in [0.25, 0.3) is 0 Å². The Morgan fingerprint density at radius 2 is 1.61 bits per heavy atom. The van der Waals surface area contributed by atoms with Crippen molar-refractivity contribution in [1.29, 1.82) is 0 Å². The van der Waals surface area contributed by atoms with Crippen LogP contribution < -0.4 is 10.6 Å². The van der Waals surface area contributed by atoms with Crippen LogP contribution in [0.2, 0.25) is 0 Å². The van der Waals surface area contributed by atoms with Gasteiger partial charge < -0.3 is 15.5 Å². The first kappa shape index (κ1) is 23.0. The molecule has 6 rings (SSSR count). The monoisotopic (exact) mass is 477 g/mol. The highest BCUT2D eigenvalue weighted by atomic mass is 15.2. The second-order valence-electron chi connectivity index (χ2n) is 10.4. The molecule has 2 heterocycles. The molecule has 5 nitrogen and oxygen atoms in total. The number of aryl methyl sites for hydroxylation is 3. The minimum absolute atomic E-state index is 0.626. The Hall–Kier alpha value is -3.44. The summed E-state index contributed by atoms with van der Waals surface area (Å²) in [6.07, 6.45) is 9.50. The molecule has 0 bridgehead atoms. The number of hydrogen-bond donors (Lipinski definition) is 2. The van der Waals surface area contributed by atoms with E-state index in [0.29, 0.717) is 5.95 Å². The summed E-state index contributed by atoms with van der Waals surface area (Å²) in [5, 5.41) is 8.10. The van der Waals surface area contributed by atoms with Crippen LogP contribution in [0.15, 0.2) is 60.8 Å². The number of fused-ring (bicyclic) bond motifs is 2. The number of nitrogens with one attached hydrogen (secondary N) is 2. The van der Waals surface area contributed by atoms with Crippen LogP contribution in [-0.4, -0.2) is 34.0 Å². The summed E-state index contributed by atoms with van der Waals surface area (Å²) >= 11 is 0. The number of hydrogen-bond acceptors (Lipinski definition) is 5. The molecule has 4 aromatic rings. The van der Waals surface area contributed by atoms with Gasteiger partial charge in [0, 0.05) is 29.0 Å². The average molecular weight is 478 g/mol. The number of likely N-dealkylation sites (tertiary alicyclic amines) is 1. The Kier molecular flexibility index (Phi) is 6.32. The van der Waals surface area contributed by atoms with E-state index in [1.54, 1.807) is 0 Å². The molecule has 1 unspecified atom stereocenters. The summed E-state index contributed by atoms with van der Waals surface area (Å²) in [4.78, 5) is 12.3. The Bertz CT molecular complexity index is 1390. The Morgan fingerprint density at radius 1 is 0.833 bits per heavy atom. The third-order valence-corrected chi connectivity index (χ3v) is 8.10. The smallest absolute Gasteiger partial charge is 0.227 e. The van der Waals surface area contributed by atoms with Crippen LogP contribution >= 0.6 is 0 Å². The first-order chi connectivity index (χ1) is 17.6. The van der Waals surface area contributed by atoms with E-state index in [1.807, 2.05) is 12.3 Å². The number of para-hydroxylation sites is 1. The summed E-state index contributed by atoms with van der Waals surface area (Å²) in [6, 6.07) is 20.1. The molecule has 5 heteroatoms. The Labute approximate surface area is 214 Å². The van der Waals surface area contributed by atoms with Crippen molar-refractivity contribution < 1.29 is 0 Å². The van der Waals surface area contributed by atoms with Gasteiger partial charge in [-0.1, -0.05) is 30.3 Å². The zero-order valence-electron chi connectivity index (χ0n) is 21.3. The average Bonchev–Trinajstić information content (AvgIpc) is 3.35. The standard InChI is InChI=1S/C31H35N5/c1-21-7-5-9-28(22(21)2)34-29-10-6-8-25-20-32-31(35-30(25)29)33-26-14-11-23-12-15-27(16-13-24(23)19-26)36-17-3-4-18-36/h5-11,14,19-20,27,34H,3-4,12-13,15-18H2,1-2H3,(H,32,33,35). The lowest BCUT2D eigenvalue weighted by Gasteiger charge is -2.25. The first-order valence-corrected chi connectivity index (χ1v) is 13.4. The molecular weight excluding hydrogens is 442 g/mol. The predicted octanol–water partition coefficient (Wildman–Crippen LogP) is 7.08. The summed E-state index contributed by atoms with van der Waals surface area (Å²) in [5.74, 6) is 0.626. The van der Waals surface area contributed by atoms with Gasteiger partial charge in [-0.3, -0.25) is 0 Å². The second-order valence-corrected chi connectivity index (χ2v) is 10.4. The van der Waals surface area contributed by atoms with Gasteiger partial charge in [0.15, 0.2) is 0 Å². The predicted molar refractivity (Wildman–Crippen MR) is 150 cm³/mol. The summed E-state index contributed by atoms with van der Waals surface area (Å²) in [6.45, 7) is 6.86. The van der Waals surface area contributed by atoms with Crippen LogP contribution in [-0.2, 0) is 12.8 Å². The van der Waals surface area contributed by atoms with E-state index in [9.17, 15) is 0 Å². The highest BCUT2D eigenvalue weighted by Gasteiger charge is 2.24. The molecule has 3 aromatic carbocycles. The summed E-state index contributed by atoms with van der Waals surface area (Å²) in [5.41, 5.74) is 9.56. The summed E-state index contributed by atoms with van der Waals surface area (Å²) < 4.78 is 0. The molecule has 0 saturated carbocycles. The maximum absolute atomic E-state index is 4.92. The van der Waals surface area contributed by atoms with E-state index in [1.165, 1.54) is 67.4 Å². The molecule has 2 aliphatic rings. The molecule has 36 heavy (non-hydrogen) atoms. The Balaban J connectivity index is 1.23. The van der Waals surface area contributed by atoms with Crippen LogP contribution in [0.4, 0.5) is 23.0 Å². The van der Waals surface area contributed by atoms with E-state index < -0.39 is 0 Å². The topological polar surface area (TPSA) is 53.1 Å². The quantitative estimate of drug-likeness (QED) is 0.301. The fraction of sp³-hybridized carbons (Fsp3) is 0.355. The van der Waals surface area contributed by atoms with Gasteiger partial charge in [0.2, 0.25) is 5.95 Å². The number of anilines is 4. The maximum Gasteiger partial charge on any atom is 0.227 e. The minimum atomic E-state index is 0.626. The molecular formula is C31H35N5. The Morgan fingerprint density at radius 3 is 2.47 bits per heavy atom. The van der Waals surface area contributed by atoms with Crippen molar-refractivity contribution in [2.24, 2.45) is 0 Å². The zero-order chi connectivity index (χ0) is 24.5. The van der Waals surface area contributed by atoms with Crippen molar-refractivity contribution >= 4 is 33.9 Å². The number of nitrogens with zero attached hydrogens (tertiary/aromatic N) is 3. The fourth-order valence-corrected chi connectivity index (χ4v) is 5.82. The minimum Gasteiger partial charge on any atom is -0.354 e. The van der Waals surface area contributed by atoms with Gasteiger partial charge in [-0.25, -0.2) is 9.97 Å². The first-order valence-electron chi connectivity index (χ1n) is 13.4. The molecule has 1 aliphatic carbocycles. The largest absolute Gasteiger partial charge is 0.354 e. The van der Waals surface area contributed by atoms with Crippen molar-refractivity contribution in [3.05, 3.63) is 83.0 Å². The van der Waals surface area contributed by atoms with Gasteiger partial charge in [0.1, 0.15) is 0 Å². The number of rotatable bonds is 5. The van der Waals surface area contributed by atoms with E-state index in [-0.39, 0.29) is 0 Å². The van der Waals surface area contributed by atoms with E-state index in [2.05, 4.69) is 82.9 Å². The van der Waals surface area contributed by atoms with Crippen molar-refractivity contribution in [2.75, 3.05) is 23.7 Å². The molecule has 1 fully saturated rings. The molecule has 2 N–H and O–H groups in total. The van der Waals surface area contributed by atoms with Gasteiger partial charge in [-0.15, -0.1) is 0 Å². The molecule has 184 valence electrons. The molecule has 1 aliphatic heterocycles. The fourth-order valence-electron chi connectivity index (χ4n) is 5.82. The molecule has 0 spiro atoms. The maximum atomic E-state index is 4.92. The van der Waals surface area contributed by atoms with Crippen molar-refractivity contribution in [3.8, 4) is 0 Å². The number of aromatic nitrogens is 2. The van der Waals surface area contributed by atoms with Crippen LogP contribution in [0.3, 0.4) is 0 Å². The van der Waals surface area contributed by atoms with Crippen molar-refractivity contribution in [2.45, 2.75) is 58.4 Å². The highest BCUT2D eigenvalue weighted by molar-refractivity contribution is 5.92. The van der Waals surface area contributed by atoms with Gasteiger partial charge in [0.05, 0.1) is 11.2 Å². The van der Waals surface area contributed by atoms with Crippen LogP contribution in [0.5, 0.6) is 0 Å². The van der Waals surface area contributed by atoms with E-state index in [0.717, 1.165) is 40.4 Å². The van der Waals surface area contributed by atoms with Crippen LogP contribution in [0, 0.1) is 13.8 Å². The lowest BCUT2D eigenvalue weighted by atomic mass is 10.0. The molecule has 1 aromatic heterocycles. The van der Waals surface area contributed by atoms with Crippen LogP contribution in [0.25, 0.3) is 10.9 Å². The molecule has 1 saturated heterocycles. The second kappa shape index (κ2) is 9.90. The lowest BCUT2D eigenvalue weighted by molar-refractivity contribution is 0.222. The highest BCUT2D eigenvalue weighted by Crippen LogP contribution is 2.31. The molecule has 0 radical (unpaired) electrons. The van der Waals surface area contributed by atoms with Gasteiger partial charge in [-0.2, -0.15) is 0 Å². The third kappa shape index (κ3) is 4.68. The van der Waals surface area contributed by atoms with Crippen molar-refractivity contribution in [3.63, 3.8) is 0 Å². The van der Waals surface area contributed by atoms with Crippen molar-refractivity contribution in [1.82, 2.24) is 14.9 Å². The lowest BCUT2D eigenvalue weighted by Crippen LogP contribution is -2.32. The van der Waals surface area contributed by atoms with E-state index >= 15 is 0 Å². The van der Waals surface area contributed by atoms with E-state index in [4.69, 9.17) is 4.98 Å². The van der Waals surface area contributed by atoms with Crippen LogP contribution in [0.1, 0.15) is 47.9 Å². The molecule has 0 amide bonds. The normalized spacial score (nSPS) is 18.1. The number of benzene rings is 3. The SMILES string of the molecule is Cc1cccc(Nc2cccc3cnc(Nc4ccc5c(c4)CCC(N4CCCC4)CC5)nc23)c1C. The third-order valence-electron chi connectivity index (χ3n) is 8.10. The van der Waals surface area contributed by atoms with Gasteiger partial charge in [-0.05, 0) is 112 Å². The molecule has 1 atom stereocenters. The van der Waals surface area contributed by atoms with Gasteiger partial charge >= 0.3 is 0 Å². The zero-order valence-corrected chi connectivity index (χ0v) is 21.3. The summed E-state index contributed by atoms with van der Waals surface area (Å²) in [7, 11) is 0.